The number of hydrogen-bond donors (Lipinski definition) is 0. The fourth-order valence-corrected chi connectivity index (χ4v) is 5.20. The lowest BCUT2D eigenvalue weighted by Crippen LogP contribution is -2.17. The molecule has 0 N–H and O–H groups in total. The van der Waals surface area contributed by atoms with Gasteiger partial charge in [0.1, 0.15) is 0 Å². The first-order chi connectivity index (χ1) is 13.3. The van der Waals surface area contributed by atoms with Gasteiger partial charge in [0, 0.05) is 28.2 Å². The lowest BCUT2D eigenvalue weighted by atomic mass is 9.95. The second kappa shape index (κ2) is 6.71. The van der Waals surface area contributed by atoms with E-state index < -0.39 is 0 Å². The highest BCUT2D eigenvalue weighted by atomic mass is 32.1. The third-order valence-corrected chi connectivity index (χ3v) is 6.66. The number of anilines is 1. The van der Waals surface area contributed by atoms with Crippen LogP contribution in [0.2, 0.25) is 0 Å². The number of thiophene rings is 1. The third-order valence-electron chi connectivity index (χ3n) is 5.45. The Kier molecular flexibility index (Phi) is 4.06. The Morgan fingerprint density at radius 1 is 0.741 bits per heavy atom. The number of benzene rings is 3. The quantitative estimate of drug-likeness (QED) is 0.368. The maximum Gasteiger partial charge on any atom is 0.0592 e. The molecule has 1 nitrogen and oxygen atoms in total. The summed E-state index contributed by atoms with van der Waals surface area (Å²) in [6.07, 6.45) is 6.73. The molecule has 1 aliphatic carbocycles. The van der Waals surface area contributed by atoms with Crippen molar-refractivity contribution in [1.82, 2.24) is 0 Å². The summed E-state index contributed by atoms with van der Waals surface area (Å²) in [5.74, 6) is 0. The fourth-order valence-electron chi connectivity index (χ4n) is 3.95. The SMILES string of the molecule is CN(C1=CC=C(c2ccccc2)CC1)c1cccc2c1sc1ccccc12. The molecule has 0 amide bonds. The Labute approximate surface area is 163 Å². The molecule has 5 rings (SSSR count). The molecule has 0 saturated heterocycles. The Bertz CT molecular complexity index is 1180. The van der Waals surface area contributed by atoms with Gasteiger partial charge in [0.05, 0.1) is 10.4 Å². The maximum atomic E-state index is 2.37. The molecular formula is C25H21NS. The first-order valence-electron chi connectivity index (χ1n) is 9.40. The minimum Gasteiger partial charge on any atom is -0.347 e. The molecule has 1 aliphatic rings. The first-order valence-corrected chi connectivity index (χ1v) is 10.2. The van der Waals surface area contributed by atoms with Gasteiger partial charge in [-0.25, -0.2) is 0 Å². The highest BCUT2D eigenvalue weighted by Crippen LogP contribution is 2.41. The summed E-state index contributed by atoms with van der Waals surface area (Å²) in [4.78, 5) is 2.37. The van der Waals surface area contributed by atoms with Crippen molar-refractivity contribution in [2.75, 3.05) is 11.9 Å². The number of nitrogens with zero attached hydrogens (tertiary/aromatic N) is 1. The second-order valence-electron chi connectivity index (χ2n) is 7.03. The van der Waals surface area contributed by atoms with E-state index in [9.17, 15) is 0 Å². The smallest absolute Gasteiger partial charge is 0.0592 e. The average Bonchev–Trinajstić information content (AvgIpc) is 3.13. The van der Waals surface area contributed by atoms with Crippen LogP contribution in [-0.4, -0.2) is 7.05 Å². The van der Waals surface area contributed by atoms with Gasteiger partial charge in [0.25, 0.3) is 0 Å². The van der Waals surface area contributed by atoms with E-state index in [4.69, 9.17) is 0 Å². The zero-order valence-electron chi connectivity index (χ0n) is 15.4. The molecule has 0 atom stereocenters. The van der Waals surface area contributed by atoms with Gasteiger partial charge in [0.2, 0.25) is 0 Å². The van der Waals surface area contributed by atoms with Gasteiger partial charge in [-0.1, -0.05) is 66.7 Å². The molecule has 1 aromatic heterocycles. The van der Waals surface area contributed by atoms with Crippen molar-refractivity contribution in [2.45, 2.75) is 12.8 Å². The Morgan fingerprint density at radius 2 is 1.52 bits per heavy atom. The molecule has 0 radical (unpaired) electrons. The van der Waals surface area contributed by atoms with Crippen LogP contribution in [0.4, 0.5) is 5.69 Å². The number of rotatable bonds is 3. The van der Waals surface area contributed by atoms with Gasteiger partial charge in [-0.15, -0.1) is 11.3 Å². The minimum absolute atomic E-state index is 1.07. The van der Waals surface area contributed by atoms with Crippen LogP contribution < -0.4 is 4.90 Å². The van der Waals surface area contributed by atoms with E-state index in [1.807, 2.05) is 11.3 Å². The van der Waals surface area contributed by atoms with Crippen LogP contribution >= 0.6 is 11.3 Å². The van der Waals surface area contributed by atoms with Crippen LogP contribution in [0.25, 0.3) is 25.7 Å². The lowest BCUT2D eigenvalue weighted by Gasteiger charge is -2.26. The summed E-state index contributed by atoms with van der Waals surface area (Å²) in [6, 6.07) is 26.1. The van der Waals surface area contributed by atoms with E-state index in [2.05, 4.69) is 96.9 Å². The van der Waals surface area contributed by atoms with E-state index >= 15 is 0 Å². The van der Waals surface area contributed by atoms with E-state index in [1.54, 1.807) is 0 Å². The Balaban J connectivity index is 1.54. The van der Waals surface area contributed by atoms with Crippen LogP contribution in [0.3, 0.4) is 0 Å². The topological polar surface area (TPSA) is 3.24 Å². The minimum atomic E-state index is 1.07. The highest BCUT2D eigenvalue weighted by Gasteiger charge is 2.16. The van der Waals surface area contributed by atoms with Crippen molar-refractivity contribution < 1.29 is 0 Å². The fraction of sp³-hybridized carbons (Fsp3) is 0.120. The second-order valence-corrected chi connectivity index (χ2v) is 8.08. The first kappa shape index (κ1) is 16.3. The van der Waals surface area contributed by atoms with Crippen molar-refractivity contribution in [1.29, 1.82) is 0 Å². The van der Waals surface area contributed by atoms with Crippen LogP contribution in [0.5, 0.6) is 0 Å². The van der Waals surface area contributed by atoms with Crippen LogP contribution in [0.1, 0.15) is 18.4 Å². The third kappa shape index (κ3) is 2.87. The van der Waals surface area contributed by atoms with Gasteiger partial charge >= 0.3 is 0 Å². The Hall–Kier alpha value is -2.84. The zero-order valence-corrected chi connectivity index (χ0v) is 16.2. The molecule has 0 spiro atoms. The van der Waals surface area contributed by atoms with Gasteiger partial charge in [-0.05, 0) is 42.2 Å². The summed E-state index contributed by atoms with van der Waals surface area (Å²) < 4.78 is 2.73. The monoisotopic (exact) mass is 367 g/mol. The molecule has 2 heteroatoms. The molecule has 4 aromatic rings. The van der Waals surface area contributed by atoms with Crippen LogP contribution in [0.15, 0.2) is 90.6 Å². The summed E-state index contributed by atoms with van der Waals surface area (Å²) in [5.41, 5.74) is 5.44. The molecule has 0 unspecified atom stereocenters. The predicted octanol–water partition coefficient (Wildman–Crippen LogP) is 7.25. The Morgan fingerprint density at radius 3 is 2.33 bits per heavy atom. The number of allylic oxidation sites excluding steroid dienone is 4. The van der Waals surface area contributed by atoms with Gasteiger partial charge in [-0.3, -0.25) is 0 Å². The van der Waals surface area contributed by atoms with Crippen molar-refractivity contribution in [3.8, 4) is 0 Å². The summed E-state index contributed by atoms with van der Waals surface area (Å²) >= 11 is 1.89. The van der Waals surface area contributed by atoms with E-state index in [0.717, 1.165) is 12.8 Å². The van der Waals surface area contributed by atoms with Gasteiger partial charge in [-0.2, -0.15) is 0 Å². The molecule has 0 saturated carbocycles. The van der Waals surface area contributed by atoms with Crippen LogP contribution in [0, 0.1) is 0 Å². The molecule has 132 valence electrons. The van der Waals surface area contributed by atoms with Gasteiger partial charge in [0.15, 0.2) is 0 Å². The number of fused-ring (bicyclic) bond motifs is 3. The van der Waals surface area contributed by atoms with Crippen molar-refractivity contribution >= 4 is 42.8 Å². The zero-order chi connectivity index (χ0) is 18.2. The lowest BCUT2D eigenvalue weighted by molar-refractivity contribution is 0.910. The highest BCUT2D eigenvalue weighted by molar-refractivity contribution is 7.26. The predicted molar refractivity (Wildman–Crippen MR) is 119 cm³/mol. The summed E-state index contributed by atoms with van der Waals surface area (Å²) in [6.45, 7) is 0. The van der Waals surface area contributed by atoms with E-state index in [-0.39, 0.29) is 0 Å². The summed E-state index contributed by atoms with van der Waals surface area (Å²) in [5, 5.41) is 2.72. The largest absolute Gasteiger partial charge is 0.347 e. The van der Waals surface area contributed by atoms with Crippen molar-refractivity contribution in [3.63, 3.8) is 0 Å². The number of hydrogen-bond acceptors (Lipinski definition) is 2. The summed E-state index contributed by atoms with van der Waals surface area (Å²) in [7, 11) is 2.20. The molecule has 3 aromatic carbocycles. The normalized spacial score (nSPS) is 14.3. The molecule has 0 bridgehead atoms. The molecule has 0 aliphatic heterocycles. The van der Waals surface area contributed by atoms with Crippen LogP contribution in [-0.2, 0) is 0 Å². The van der Waals surface area contributed by atoms with E-state index in [1.165, 1.54) is 42.7 Å². The molecular weight excluding hydrogens is 346 g/mol. The molecule has 27 heavy (non-hydrogen) atoms. The molecule has 1 heterocycles. The standard InChI is InChI=1S/C25H21NS/c1-26(20-16-14-19(15-17-20)18-8-3-2-4-9-18)23-12-7-11-22-21-10-5-6-13-24(21)27-25(22)23/h2-14,16H,15,17H2,1H3. The molecule has 0 fully saturated rings. The van der Waals surface area contributed by atoms with Gasteiger partial charge < -0.3 is 4.90 Å². The van der Waals surface area contributed by atoms with Crippen molar-refractivity contribution in [3.05, 3.63) is 96.2 Å². The van der Waals surface area contributed by atoms with E-state index in [0.29, 0.717) is 0 Å². The van der Waals surface area contributed by atoms with Crippen molar-refractivity contribution in [2.24, 2.45) is 0 Å². The average molecular weight is 368 g/mol. The maximum absolute atomic E-state index is 2.37.